The van der Waals surface area contributed by atoms with E-state index in [1.165, 1.54) is 24.0 Å². The van der Waals surface area contributed by atoms with E-state index in [0.717, 1.165) is 62.5 Å². The van der Waals surface area contributed by atoms with Crippen molar-refractivity contribution in [3.63, 3.8) is 0 Å². The number of rotatable bonds is 5. The number of carbonyl (C=O) groups excluding carboxylic acids is 1. The number of hydrogen-bond donors (Lipinski definition) is 2. The quantitative estimate of drug-likeness (QED) is 0.823. The highest BCUT2D eigenvalue weighted by Gasteiger charge is 2.25. The van der Waals surface area contributed by atoms with E-state index in [4.69, 9.17) is 4.52 Å². The average Bonchev–Trinajstić information content (AvgIpc) is 3.11. The SMILES string of the molecule is Cc1ccc(NC(=O)NC[C@H]2CCCN(Cc3noc4c3CCCC4)C2)cc1. The highest BCUT2D eigenvalue weighted by molar-refractivity contribution is 5.89. The molecule has 1 atom stereocenters. The first-order valence-electron chi connectivity index (χ1n) is 10.5. The van der Waals surface area contributed by atoms with Crippen LogP contribution in [0.3, 0.4) is 0 Å². The molecule has 28 heavy (non-hydrogen) atoms. The molecule has 2 N–H and O–H groups in total. The summed E-state index contributed by atoms with van der Waals surface area (Å²) >= 11 is 0. The Bertz CT molecular complexity index is 799. The second-order valence-corrected chi connectivity index (χ2v) is 8.18. The van der Waals surface area contributed by atoms with Gasteiger partial charge in [0.1, 0.15) is 11.5 Å². The zero-order valence-corrected chi connectivity index (χ0v) is 16.7. The average molecular weight is 383 g/mol. The van der Waals surface area contributed by atoms with Gasteiger partial charge in [-0.15, -0.1) is 0 Å². The number of urea groups is 1. The van der Waals surface area contributed by atoms with Crippen LogP contribution in [0, 0.1) is 12.8 Å². The monoisotopic (exact) mass is 382 g/mol. The molecule has 4 rings (SSSR count). The van der Waals surface area contributed by atoms with Crippen molar-refractivity contribution in [2.45, 2.75) is 52.0 Å². The van der Waals surface area contributed by atoms with Gasteiger partial charge in [0.15, 0.2) is 0 Å². The van der Waals surface area contributed by atoms with Crippen LogP contribution < -0.4 is 10.6 Å². The minimum atomic E-state index is -0.133. The van der Waals surface area contributed by atoms with Gasteiger partial charge in [0.25, 0.3) is 0 Å². The van der Waals surface area contributed by atoms with Crippen molar-refractivity contribution in [3.05, 3.63) is 46.8 Å². The van der Waals surface area contributed by atoms with E-state index >= 15 is 0 Å². The molecule has 1 fully saturated rings. The van der Waals surface area contributed by atoms with Crippen LogP contribution in [0.15, 0.2) is 28.8 Å². The Balaban J connectivity index is 1.25. The third-order valence-electron chi connectivity index (χ3n) is 5.87. The number of carbonyl (C=O) groups is 1. The van der Waals surface area contributed by atoms with Crippen LogP contribution in [0.4, 0.5) is 10.5 Å². The van der Waals surface area contributed by atoms with Crippen LogP contribution in [-0.4, -0.2) is 35.7 Å². The summed E-state index contributed by atoms with van der Waals surface area (Å²) in [5, 5.41) is 10.3. The molecule has 150 valence electrons. The number of aromatic nitrogens is 1. The van der Waals surface area contributed by atoms with Crippen molar-refractivity contribution in [2.24, 2.45) is 5.92 Å². The van der Waals surface area contributed by atoms with Gasteiger partial charge in [0.05, 0.1) is 0 Å². The Morgan fingerprint density at radius 2 is 2.04 bits per heavy atom. The number of likely N-dealkylation sites (tertiary alicyclic amines) is 1. The summed E-state index contributed by atoms with van der Waals surface area (Å²) < 4.78 is 5.56. The Hall–Kier alpha value is -2.34. The molecule has 0 spiro atoms. The second-order valence-electron chi connectivity index (χ2n) is 8.18. The molecule has 1 saturated heterocycles. The molecule has 2 heterocycles. The normalized spacial score (nSPS) is 19.8. The van der Waals surface area contributed by atoms with Crippen LogP contribution in [0.2, 0.25) is 0 Å². The molecule has 2 aromatic rings. The lowest BCUT2D eigenvalue weighted by Crippen LogP contribution is -2.41. The maximum absolute atomic E-state index is 12.2. The fraction of sp³-hybridized carbons (Fsp3) is 0.545. The number of nitrogens with zero attached hydrogens (tertiary/aromatic N) is 2. The van der Waals surface area contributed by atoms with Crippen molar-refractivity contribution in [1.29, 1.82) is 0 Å². The summed E-state index contributed by atoms with van der Waals surface area (Å²) in [4.78, 5) is 14.6. The van der Waals surface area contributed by atoms with Gasteiger partial charge in [-0.25, -0.2) is 4.79 Å². The van der Waals surface area contributed by atoms with Crippen LogP contribution in [0.25, 0.3) is 0 Å². The van der Waals surface area contributed by atoms with E-state index in [1.54, 1.807) is 0 Å². The molecule has 2 amide bonds. The number of fused-ring (bicyclic) bond motifs is 1. The number of piperidine rings is 1. The summed E-state index contributed by atoms with van der Waals surface area (Å²) in [7, 11) is 0. The summed E-state index contributed by atoms with van der Waals surface area (Å²) in [5.41, 5.74) is 4.48. The summed E-state index contributed by atoms with van der Waals surface area (Å²) in [6, 6.07) is 7.71. The van der Waals surface area contributed by atoms with Gasteiger partial charge in [0, 0.05) is 37.3 Å². The van der Waals surface area contributed by atoms with E-state index in [9.17, 15) is 4.79 Å². The predicted octanol–water partition coefficient (Wildman–Crippen LogP) is 3.90. The van der Waals surface area contributed by atoms with Gasteiger partial charge in [-0.3, -0.25) is 4.90 Å². The lowest BCUT2D eigenvalue weighted by molar-refractivity contribution is 0.162. The molecule has 0 bridgehead atoms. The van der Waals surface area contributed by atoms with Crippen molar-refractivity contribution >= 4 is 11.7 Å². The van der Waals surface area contributed by atoms with Gasteiger partial charge < -0.3 is 15.2 Å². The third kappa shape index (κ3) is 4.73. The van der Waals surface area contributed by atoms with Crippen molar-refractivity contribution in [1.82, 2.24) is 15.4 Å². The Morgan fingerprint density at radius 3 is 2.89 bits per heavy atom. The van der Waals surface area contributed by atoms with Crippen LogP contribution in [-0.2, 0) is 19.4 Å². The predicted molar refractivity (Wildman–Crippen MR) is 109 cm³/mol. The Kier molecular flexibility index (Phi) is 5.95. The number of amides is 2. The van der Waals surface area contributed by atoms with Crippen LogP contribution >= 0.6 is 0 Å². The first-order chi connectivity index (χ1) is 13.7. The number of nitrogens with one attached hydrogen (secondary N) is 2. The lowest BCUT2D eigenvalue weighted by atomic mass is 9.95. The minimum absolute atomic E-state index is 0.133. The maximum Gasteiger partial charge on any atom is 0.319 e. The number of anilines is 1. The minimum Gasteiger partial charge on any atom is -0.361 e. The molecule has 0 radical (unpaired) electrons. The highest BCUT2D eigenvalue weighted by Crippen LogP contribution is 2.26. The zero-order chi connectivity index (χ0) is 19.3. The largest absolute Gasteiger partial charge is 0.361 e. The van der Waals surface area contributed by atoms with E-state index in [2.05, 4.69) is 20.7 Å². The molecule has 1 aliphatic carbocycles. The molecule has 2 aliphatic rings. The highest BCUT2D eigenvalue weighted by atomic mass is 16.5. The smallest absolute Gasteiger partial charge is 0.319 e. The summed E-state index contributed by atoms with van der Waals surface area (Å²) in [5.74, 6) is 1.57. The number of aryl methyl sites for hydroxylation is 2. The Labute approximate surface area is 166 Å². The molecule has 1 aromatic heterocycles. The van der Waals surface area contributed by atoms with Gasteiger partial charge >= 0.3 is 6.03 Å². The van der Waals surface area contributed by atoms with Gasteiger partial charge in [-0.2, -0.15) is 0 Å². The molecule has 6 nitrogen and oxygen atoms in total. The molecule has 0 saturated carbocycles. The number of hydrogen-bond acceptors (Lipinski definition) is 4. The summed E-state index contributed by atoms with van der Waals surface area (Å²) in [6.45, 7) is 5.68. The molecular formula is C22H30N4O2. The third-order valence-corrected chi connectivity index (χ3v) is 5.87. The van der Waals surface area contributed by atoms with E-state index < -0.39 is 0 Å². The first-order valence-corrected chi connectivity index (χ1v) is 10.5. The van der Waals surface area contributed by atoms with Crippen molar-refractivity contribution in [2.75, 3.05) is 25.0 Å². The zero-order valence-electron chi connectivity index (χ0n) is 16.7. The summed E-state index contributed by atoms with van der Waals surface area (Å²) in [6.07, 6.45) is 6.90. The topological polar surface area (TPSA) is 70.4 Å². The Morgan fingerprint density at radius 1 is 1.21 bits per heavy atom. The van der Waals surface area contributed by atoms with Crippen LogP contribution in [0.1, 0.15) is 48.3 Å². The molecule has 1 aromatic carbocycles. The molecule has 1 aliphatic heterocycles. The van der Waals surface area contributed by atoms with Crippen molar-refractivity contribution < 1.29 is 9.32 Å². The van der Waals surface area contributed by atoms with Gasteiger partial charge in [-0.05, 0) is 63.6 Å². The first kappa shape index (κ1) is 19.0. The fourth-order valence-electron chi connectivity index (χ4n) is 4.30. The lowest BCUT2D eigenvalue weighted by Gasteiger charge is -2.32. The molecule has 6 heteroatoms. The van der Waals surface area contributed by atoms with Gasteiger partial charge in [-0.1, -0.05) is 22.9 Å². The maximum atomic E-state index is 12.2. The number of benzene rings is 1. The molecule has 0 unspecified atom stereocenters. The standard InChI is InChI=1S/C22H30N4O2/c1-16-8-10-18(11-9-16)24-22(27)23-13-17-5-4-12-26(14-17)15-20-19-6-2-3-7-21(19)28-25-20/h8-11,17H,2-7,12-15H2,1H3,(H2,23,24,27)/t17-/m1/s1. The second kappa shape index (κ2) is 8.78. The van der Waals surface area contributed by atoms with Gasteiger partial charge in [0.2, 0.25) is 0 Å². The van der Waals surface area contributed by atoms with E-state index in [0.29, 0.717) is 12.5 Å². The fourth-order valence-corrected chi connectivity index (χ4v) is 4.30. The van der Waals surface area contributed by atoms with E-state index in [-0.39, 0.29) is 6.03 Å². The van der Waals surface area contributed by atoms with Crippen LogP contribution in [0.5, 0.6) is 0 Å². The van der Waals surface area contributed by atoms with Crippen molar-refractivity contribution in [3.8, 4) is 0 Å². The molecular weight excluding hydrogens is 352 g/mol. The van der Waals surface area contributed by atoms with E-state index in [1.807, 2.05) is 31.2 Å².